The van der Waals surface area contributed by atoms with Crippen LogP contribution in [0.25, 0.3) is 0 Å². The van der Waals surface area contributed by atoms with Gasteiger partial charge in [-0.2, -0.15) is 0 Å². The van der Waals surface area contributed by atoms with Crippen LogP contribution in [0.5, 0.6) is 0 Å². The number of anilines is 1. The minimum atomic E-state index is -0.463. The fourth-order valence-corrected chi connectivity index (χ4v) is 3.20. The Hall–Kier alpha value is -2.14. The molecule has 0 unspecified atom stereocenters. The number of aryl methyl sites for hydroxylation is 2. The summed E-state index contributed by atoms with van der Waals surface area (Å²) in [6, 6.07) is 9.46. The number of hydrogen-bond acceptors (Lipinski definition) is 4. The van der Waals surface area contributed by atoms with Gasteiger partial charge in [0.15, 0.2) is 6.61 Å². The maximum Gasteiger partial charge on any atom is 0.339 e. The van der Waals surface area contributed by atoms with E-state index >= 15 is 0 Å². The first-order valence-electron chi connectivity index (χ1n) is 7.81. The SMILES string of the molecule is Cc1cc(C(=O)OCC(=O)Nc2ccc(C(C)(C)C)cc2)c(C)s1. The Balaban J connectivity index is 1.89. The standard InChI is InChI=1S/C19H23NO3S/c1-12-10-16(13(2)24-12)18(22)23-11-17(21)20-15-8-6-14(7-9-15)19(3,4)5/h6-10H,11H2,1-5H3,(H,20,21). The molecule has 0 aliphatic carbocycles. The largest absolute Gasteiger partial charge is 0.452 e. The Morgan fingerprint density at radius 2 is 1.75 bits per heavy atom. The van der Waals surface area contributed by atoms with Crippen LogP contribution in [0.15, 0.2) is 30.3 Å². The molecule has 4 nitrogen and oxygen atoms in total. The number of carbonyl (C=O) groups is 2. The molecule has 24 heavy (non-hydrogen) atoms. The van der Waals surface area contributed by atoms with Crippen LogP contribution in [0.3, 0.4) is 0 Å². The molecule has 0 spiro atoms. The fourth-order valence-electron chi connectivity index (χ4n) is 2.29. The van der Waals surface area contributed by atoms with E-state index in [-0.39, 0.29) is 17.9 Å². The first-order chi connectivity index (χ1) is 11.2. The van der Waals surface area contributed by atoms with Crippen LogP contribution in [0, 0.1) is 13.8 Å². The average Bonchev–Trinajstić information content (AvgIpc) is 2.83. The van der Waals surface area contributed by atoms with Gasteiger partial charge in [0.25, 0.3) is 5.91 Å². The molecule has 1 amide bonds. The van der Waals surface area contributed by atoms with E-state index in [4.69, 9.17) is 4.74 Å². The summed E-state index contributed by atoms with van der Waals surface area (Å²) < 4.78 is 5.09. The molecule has 1 N–H and O–H groups in total. The lowest BCUT2D eigenvalue weighted by atomic mass is 9.87. The van der Waals surface area contributed by atoms with Gasteiger partial charge in [-0.1, -0.05) is 32.9 Å². The highest BCUT2D eigenvalue weighted by Gasteiger charge is 2.16. The lowest BCUT2D eigenvalue weighted by Crippen LogP contribution is -2.21. The number of thiophene rings is 1. The summed E-state index contributed by atoms with van der Waals surface area (Å²) in [7, 11) is 0. The van der Waals surface area contributed by atoms with Crippen molar-refractivity contribution in [3.05, 3.63) is 51.2 Å². The lowest BCUT2D eigenvalue weighted by Gasteiger charge is -2.19. The molecule has 2 rings (SSSR count). The molecule has 128 valence electrons. The number of ether oxygens (including phenoxy) is 1. The molecule has 0 saturated carbocycles. The van der Waals surface area contributed by atoms with Gasteiger partial charge in [0.1, 0.15) is 0 Å². The van der Waals surface area contributed by atoms with Crippen molar-refractivity contribution < 1.29 is 14.3 Å². The van der Waals surface area contributed by atoms with Gasteiger partial charge in [-0.3, -0.25) is 4.79 Å². The molecule has 0 saturated heterocycles. The predicted molar refractivity (Wildman–Crippen MR) is 97.8 cm³/mol. The smallest absolute Gasteiger partial charge is 0.339 e. The summed E-state index contributed by atoms with van der Waals surface area (Å²) in [6.07, 6.45) is 0. The van der Waals surface area contributed by atoms with Crippen molar-refractivity contribution in [2.75, 3.05) is 11.9 Å². The quantitative estimate of drug-likeness (QED) is 0.833. The van der Waals surface area contributed by atoms with Gasteiger partial charge >= 0.3 is 5.97 Å². The fraction of sp³-hybridized carbons (Fsp3) is 0.368. The Morgan fingerprint density at radius 3 is 2.25 bits per heavy atom. The number of benzene rings is 1. The minimum absolute atomic E-state index is 0.0641. The van der Waals surface area contributed by atoms with Crippen molar-refractivity contribution >= 4 is 28.9 Å². The maximum atomic E-state index is 12.0. The molecule has 0 atom stereocenters. The zero-order valence-corrected chi connectivity index (χ0v) is 15.5. The summed E-state index contributed by atoms with van der Waals surface area (Å²) in [5.74, 6) is -0.813. The molecule has 0 aliphatic heterocycles. The van der Waals surface area contributed by atoms with E-state index in [9.17, 15) is 9.59 Å². The van der Waals surface area contributed by atoms with Crippen molar-refractivity contribution in [1.82, 2.24) is 0 Å². The monoisotopic (exact) mass is 345 g/mol. The van der Waals surface area contributed by atoms with E-state index in [0.717, 1.165) is 9.75 Å². The Bertz CT molecular complexity index is 739. The van der Waals surface area contributed by atoms with E-state index in [1.165, 1.54) is 16.9 Å². The van der Waals surface area contributed by atoms with Crippen molar-refractivity contribution in [3.63, 3.8) is 0 Å². The Kier molecular flexibility index (Phi) is 5.44. The Labute approximate surface area is 146 Å². The van der Waals surface area contributed by atoms with E-state index in [2.05, 4.69) is 26.1 Å². The summed E-state index contributed by atoms with van der Waals surface area (Å²) in [5.41, 5.74) is 2.47. The van der Waals surface area contributed by atoms with Crippen LogP contribution < -0.4 is 5.32 Å². The topological polar surface area (TPSA) is 55.4 Å². The molecule has 0 radical (unpaired) electrons. The second-order valence-corrected chi connectivity index (χ2v) is 8.24. The van der Waals surface area contributed by atoms with Crippen molar-refractivity contribution in [1.29, 1.82) is 0 Å². The predicted octanol–water partition coefficient (Wildman–Crippen LogP) is 4.46. The highest BCUT2D eigenvalue weighted by molar-refractivity contribution is 7.12. The maximum absolute atomic E-state index is 12.0. The number of nitrogens with one attached hydrogen (secondary N) is 1. The van der Waals surface area contributed by atoms with Gasteiger partial charge in [0.05, 0.1) is 5.56 Å². The van der Waals surface area contributed by atoms with Gasteiger partial charge in [-0.15, -0.1) is 11.3 Å². The Morgan fingerprint density at radius 1 is 1.12 bits per heavy atom. The highest BCUT2D eigenvalue weighted by atomic mass is 32.1. The molecule has 1 aromatic carbocycles. The number of esters is 1. The van der Waals surface area contributed by atoms with Crippen molar-refractivity contribution in [3.8, 4) is 0 Å². The molecule has 1 aromatic heterocycles. The zero-order chi connectivity index (χ0) is 17.9. The first kappa shape index (κ1) is 18.2. The third-order valence-electron chi connectivity index (χ3n) is 3.63. The molecule has 2 aromatic rings. The molecule has 5 heteroatoms. The van der Waals surface area contributed by atoms with Gasteiger partial charge in [0, 0.05) is 15.4 Å². The van der Waals surface area contributed by atoms with Gasteiger partial charge in [0.2, 0.25) is 0 Å². The molecular weight excluding hydrogens is 322 g/mol. The summed E-state index contributed by atoms with van der Waals surface area (Å²) in [4.78, 5) is 25.9. The second-order valence-electron chi connectivity index (χ2n) is 6.78. The number of carbonyl (C=O) groups excluding carboxylic acids is 2. The van der Waals surface area contributed by atoms with Crippen molar-refractivity contribution in [2.24, 2.45) is 0 Å². The summed E-state index contributed by atoms with van der Waals surface area (Å²) in [6.45, 7) is 9.90. The van der Waals surface area contributed by atoms with Gasteiger partial charge < -0.3 is 10.1 Å². The average molecular weight is 345 g/mol. The van der Waals surface area contributed by atoms with Gasteiger partial charge in [-0.25, -0.2) is 4.79 Å². The van der Waals surface area contributed by atoms with E-state index in [1.807, 2.05) is 38.1 Å². The van der Waals surface area contributed by atoms with Crippen LogP contribution in [0.4, 0.5) is 5.69 Å². The van der Waals surface area contributed by atoms with Crippen LogP contribution in [0.1, 0.15) is 46.4 Å². The van der Waals surface area contributed by atoms with Crippen LogP contribution in [0.2, 0.25) is 0 Å². The van der Waals surface area contributed by atoms with Crippen molar-refractivity contribution in [2.45, 2.75) is 40.0 Å². The first-order valence-corrected chi connectivity index (χ1v) is 8.63. The van der Waals surface area contributed by atoms with Crippen LogP contribution in [-0.2, 0) is 14.9 Å². The molecule has 0 aliphatic rings. The third-order valence-corrected chi connectivity index (χ3v) is 4.60. The lowest BCUT2D eigenvalue weighted by molar-refractivity contribution is -0.119. The number of hydrogen-bond donors (Lipinski definition) is 1. The highest BCUT2D eigenvalue weighted by Crippen LogP contribution is 2.23. The normalized spacial score (nSPS) is 11.2. The minimum Gasteiger partial charge on any atom is -0.452 e. The third kappa shape index (κ3) is 4.68. The molecular formula is C19H23NO3S. The number of rotatable bonds is 4. The van der Waals surface area contributed by atoms with Crippen LogP contribution >= 0.6 is 11.3 Å². The second kappa shape index (κ2) is 7.18. The molecule has 1 heterocycles. The summed E-state index contributed by atoms with van der Waals surface area (Å²) >= 11 is 1.54. The van der Waals surface area contributed by atoms with Gasteiger partial charge in [-0.05, 0) is 43.0 Å². The summed E-state index contributed by atoms with van der Waals surface area (Å²) in [5, 5.41) is 2.73. The van der Waals surface area contributed by atoms with E-state index < -0.39 is 5.97 Å². The number of amides is 1. The van der Waals surface area contributed by atoms with Crippen LogP contribution in [-0.4, -0.2) is 18.5 Å². The molecule has 0 fully saturated rings. The molecule has 0 bridgehead atoms. The van der Waals surface area contributed by atoms with E-state index in [0.29, 0.717) is 11.3 Å². The van der Waals surface area contributed by atoms with E-state index in [1.54, 1.807) is 6.07 Å². The zero-order valence-electron chi connectivity index (χ0n) is 14.7.